The molecule has 0 atom stereocenters. The van der Waals surface area contributed by atoms with Crippen LogP contribution in [0.15, 0.2) is 36.5 Å². The minimum Gasteiger partial charge on any atom is -0.494 e. The van der Waals surface area contributed by atoms with E-state index in [1.54, 1.807) is 24.3 Å². The first kappa shape index (κ1) is 16.3. The van der Waals surface area contributed by atoms with Gasteiger partial charge in [-0.2, -0.15) is 0 Å². The Bertz CT molecular complexity index is 719. The number of nitrogens with one attached hydrogen (secondary N) is 3. The second-order valence-corrected chi connectivity index (χ2v) is 4.72. The van der Waals surface area contributed by atoms with Gasteiger partial charge in [0.25, 0.3) is 11.8 Å². The highest BCUT2D eigenvalue weighted by Crippen LogP contribution is 2.11. The number of aromatic nitrogens is 1. The second kappa shape index (κ2) is 7.26. The molecule has 1 aromatic heterocycles. The maximum atomic E-state index is 11.9. The van der Waals surface area contributed by atoms with E-state index >= 15 is 0 Å². The van der Waals surface area contributed by atoms with Gasteiger partial charge in [0.2, 0.25) is 0 Å². The Kier molecular flexibility index (Phi) is 5.14. The number of Topliss-reactive ketones (excluding diaryl/α,β-unsaturated/α-hetero) is 1. The van der Waals surface area contributed by atoms with Crippen molar-refractivity contribution >= 4 is 17.6 Å². The van der Waals surface area contributed by atoms with Crippen LogP contribution in [0.25, 0.3) is 0 Å². The Labute approximate surface area is 133 Å². The summed E-state index contributed by atoms with van der Waals surface area (Å²) in [4.78, 5) is 37.6. The first-order chi connectivity index (χ1) is 11.0. The predicted octanol–water partition coefficient (Wildman–Crippen LogP) is 1.69. The molecule has 0 bridgehead atoms. The molecule has 0 aliphatic heterocycles. The Morgan fingerprint density at radius 2 is 1.70 bits per heavy atom. The lowest BCUT2D eigenvalue weighted by Gasteiger charge is -2.07. The number of ether oxygens (including phenoxy) is 1. The van der Waals surface area contributed by atoms with Crippen LogP contribution in [0.1, 0.15) is 45.1 Å². The average Bonchev–Trinajstić information content (AvgIpc) is 3.03. The normalized spacial score (nSPS) is 10.0. The molecule has 0 aliphatic rings. The Balaban J connectivity index is 1.92. The lowest BCUT2D eigenvalue weighted by atomic mass is 10.2. The van der Waals surface area contributed by atoms with Crippen molar-refractivity contribution in [2.24, 2.45) is 0 Å². The summed E-state index contributed by atoms with van der Waals surface area (Å²) in [6.07, 6.45) is 1.44. The van der Waals surface area contributed by atoms with Gasteiger partial charge in [-0.15, -0.1) is 0 Å². The van der Waals surface area contributed by atoms with Crippen molar-refractivity contribution in [2.75, 3.05) is 6.61 Å². The lowest BCUT2D eigenvalue weighted by Crippen LogP contribution is -2.41. The molecular formula is C16H17N3O4. The molecule has 2 rings (SSSR count). The van der Waals surface area contributed by atoms with E-state index in [1.165, 1.54) is 19.2 Å². The number of carbonyl (C=O) groups excluding carboxylic acids is 3. The van der Waals surface area contributed by atoms with Crippen molar-refractivity contribution in [1.82, 2.24) is 15.8 Å². The molecule has 7 heteroatoms. The van der Waals surface area contributed by atoms with E-state index in [4.69, 9.17) is 4.74 Å². The Morgan fingerprint density at radius 3 is 2.26 bits per heavy atom. The zero-order chi connectivity index (χ0) is 16.8. The molecular weight excluding hydrogens is 298 g/mol. The SMILES string of the molecule is CCOc1ccc(C(=O)NNC(=O)c2cc(C(C)=O)c[nH]2)cc1. The first-order valence-corrected chi connectivity index (χ1v) is 7.04. The number of H-pyrrole nitrogens is 1. The third-order valence-electron chi connectivity index (χ3n) is 3.05. The van der Waals surface area contributed by atoms with Crippen LogP contribution in [0, 0.1) is 0 Å². The van der Waals surface area contributed by atoms with Crippen LogP contribution >= 0.6 is 0 Å². The van der Waals surface area contributed by atoms with E-state index in [1.807, 2.05) is 6.92 Å². The van der Waals surface area contributed by atoms with E-state index in [9.17, 15) is 14.4 Å². The van der Waals surface area contributed by atoms with Crippen LogP contribution in [0.2, 0.25) is 0 Å². The molecule has 0 unspecified atom stereocenters. The molecule has 7 nitrogen and oxygen atoms in total. The summed E-state index contributed by atoms with van der Waals surface area (Å²) in [5, 5.41) is 0. The van der Waals surface area contributed by atoms with Crippen molar-refractivity contribution in [1.29, 1.82) is 0 Å². The van der Waals surface area contributed by atoms with Crippen LogP contribution in [0.3, 0.4) is 0 Å². The number of hydrogen-bond donors (Lipinski definition) is 3. The van der Waals surface area contributed by atoms with Crippen molar-refractivity contribution in [2.45, 2.75) is 13.8 Å². The van der Waals surface area contributed by atoms with Gasteiger partial charge in [-0.1, -0.05) is 0 Å². The number of amides is 2. The Morgan fingerprint density at radius 1 is 1.04 bits per heavy atom. The van der Waals surface area contributed by atoms with E-state index < -0.39 is 11.8 Å². The second-order valence-electron chi connectivity index (χ2n) is 4.72. The highest BCUT2D eigenvalue weighted by Gasteiger charge is 2.12. The van der Waals surface area contributed by atoms with Crippen LogP contribution in [0.4, 0.5) is 0 Å². The summed E-state index contributed by atoms with van der Waals surface area (Å²) in [5.41, 5.74) is 5.54. The van der Waals surface area contributed by atoms with Crippen LogP contribution in [-0.2, 0) is 0 Å². The van der Waals surface area contributed by atoms with Gasteiger partial charge >= 0.3 is 0 Å². The van der Waals surface area contributed by atoms with Gasteiger partial charge in [-0.3, -0.25) is 25.2 Å². The molecule has 120 valence electrons. The molecule has 23 heavy (non-hydrogen) atoms. The summed E-state index contributed by atoms with van der Waals surface area (Å²) < 4.78 is 5.29. The summed E-state index contributed by atoms with van der Waals surface area (Å²) in [7, 11) is 0. The number of aromatic amines is 1. The fraction of sp³-hybridized carbons (Fsp3) is 0.188. The molecule has 0 radical (unpaired) electrons. The number of hydrogen-bond acceptors (Lipinski definition) is 4. The van der Waals surface area contributed by atoms with E-state index in [-0.39, 0.29) is 11.5 Å². The molecule has 1 aromatic carbocycles. The highest BCUT2D eigenvalue weighted by molar-refractivity contribution is 6.00. The number of ketones is 1. The predicted molar refractivity (Wildman–Crippen MR) is 83.3 cm³/mol. The highest BCUT2D eigenvalue weighted by atomic mass is 16.5. The monoisotopic (exact) mass is 315 g/mol. The first-order valence-electron chi connectivity index (χ1n) is 7.04. The smallest absolute Gasteiger partial charge is 0.286 e. The van der Waals surface area contributed by atoms with E-state index in [0.717, 1.165) is 0 Å². The van der Waals surface area contributed by atoms with Crippen molar-refractivity contribution in [3.05, 3.63) is 53.3 Å². The van der Waals surface area contributed by atoms with Gasteiger partial charge < -0.3 is 9.72 Å². The van der Waals surface area contributed by atoms with Gasteiger partial charge in [0.1, 0.15) is 11.4 Å². The van der Waals surface area contributed by atoms with Crippen LogP contribution in [-0.4, -0.2) is 29.2 Å². The number of carbonyl (C=O) groups is 3. The van der Waals surface area contributed by atoms with Gasteiger partial charge in [-0.05, 0) is 44.2 Å². The fourth-order valence-electron chi connectivity index (χ4n) is 1.85. The van der Waals surface area contributed by atoms with Crippen molar-refractivity contribution in [3.8, 4) is 5.75 Å². The molecule has 2 aromatic rings. The molecule has 0 saturated heterocycles. The minimum absolute atomic E-state index is 0.154. The van der Waals surface area contributed by atoms with Gasteiger partial charge in [-0.25, -0.2) is 0 Å². The quantitative estimate of drug-likeness (QED) is 0.577. The topological polar surface area (TPSA) is 100 Å². The third-order valence-corrected chi connectivity index (χ3v) is 3.05. The van der Waals surface area contributed by atoms with E-state index in [2.05, 4.69) is 15.8 Å². The standard InChI is InChI=1S/C16H17N3O4/c1-3-23-13-6-4-11(5-7-13)15(21)18-19-16(22)14-8-12(9-17-14)10(2)20/h4-9,17H,3H2,1-2H3,(H,18,21)(H,19,22). The van der Waals surface area contributed by atoms with Crippen LogP contribution in [0.5, 0.6) is 5.75 Å². The zero-order valence-corrected chi connectivity index (χ0v) is 12.8. The fourth-order valence-corrected chi connectivity index (χ4v) is 1.85. The van der Waals surface area contributed by atoms with Gasteiger partial charge in [0, 0.05) is 17.3 Å². The van der Waals surface area contributed by atoms with Crippen LogP contribution < -0.4 is 15.6 Å². The summed E-state index contributed by atoms with van der Waals surface area (Å²) in [6, 6.07) is 7.94. The maximum absolute atomic E-state index is 11.9. The number of benzene rings is 1. The molecule has 0 fully saturated rings. The largest absolute Gasteiger partial charge is 0.494 e. The van der Waals surface area contributed by atoms with Gasteiger partial charge in [0.05, 0.1) is 6.61 Å². The molecule has 3 N–H and O–H groups in total. The maximum Gasteiger partial charge on any atom is 0.286 e. The molecule has 0 spiro atoms. The number of rotatable bonds is 5. The molecule has 0 saturated carbocycles. The van der Waals surface area contributed by atoms with Gasteiger partial charge in [0.15, 0.2) is 5.78 Å². The summed E-state index contributed by atoms with van der Waals surface area (Å²) >= 11 is 0. The minimum atomic E-state index is -0.545. The van der Waals surface area contributed by atoms with Crippen molar-refractivity contribution < 1.29 is 19.1 Å². The zero-order valence-electron chi connectivity index (χ0n) is 12.8. The van der Waals surface area contributed by atoms with Crippen molar-refractivity contribution in [3.63, 3.8) is 0 Å². The third kappa shape index (κ3) is 4.19. The molecule has 2 amide bonds. The Hall–Kier alpha value is -3.09. The number of hydrazine groups is 1. The molecule has 1 heterocycles. The summed E-state index contributed by atoms with van der Waals surface area (Å²) in [6.45, 7) is 3.81. The lowest BCUT2D eigenvalue weighted by molar-refractivity contribution is 0.0844. The molecule has 0 aliphatic carbocycles. The van der Waals surface area contributed by atoms with E-state index in [0.29, 0.717) is 23.5 Å². The average molecular weight is 315 g/mol. The summed E-state index contributed by atoms with van der Waals surface area (Å²) in [5.74, 6) is -0.494.